The van der Waals surface area contributed by atoms with Gasteiger partial charge in [0, 0.05) is 11.6 Å². The van der Waals surface area contributed by atoms with E-state index in [0.717, 1.165) is 6.42 Å². The number of carboxylic acid groups (broad SMARTS) is 1. The van der Waals surface area contributed by atoms with Crippen molar-refractivity contribution >= 4 is 11.8 Å². The van der Waals surface area contributed by atoms with E-state index in [9.17, 15) is 9.59 Å². The Morgan fingerprint density at radius 3 is 2.39 bits per heavy atom. The SMILES string of the molecule is CCC(C)NC(CC(=O)O)C(=O)c1ccccc1. The van der Waals surface area contributed by atoms with Gasteiger partial charge in [0.15, 0.2) is 5.78 Å². The molecule has 4 nitrogen and oxygen atoms in total. The second-order valence-electron chi connectivity index (χ2n) is 4.36. The maximum absolute atomic E-state index is 12.2. The maximum atomic E-state index is 12.2. The van der Waals surface area contributed by atoms with E-state index in [1.165, 1.54) is 0 Å². The summed E-state index contributed by atoms with van der Waals surface area (Å²) in [6.45, 7) is 3.93. The van der Waals surface area contributed by atoms with Crippen LogP contribution < -0.4 is 5.32 Å². The normalized spacial score (nSPS) is 13.9. The first kappa shape index (κ1) is 14.4. The van der Waals surface area contributed by atoms with Crippen LogP contribution in [0, 0.1) is 0 Å². The molecular formula is C14H19NO3. The molecule has 2 unspecified atom stereocenters. The summed E-state index contributed by atoms with van der Waals surface area (Å²) in [5.41, 5.74) is 0.541. The van der Waals surface area contributed by atoms with Crippen LogP contribution in [-0.4, -0.2) is 28.9 Å². The molecule has 4 heteroatoms. The summed E-state index contributed by atoms with van der Waals surface area (Å²) in [4.78, 5) is 23.0. The number of benzene rings is 1. The van der Waals surface area contributed by atoms with Gasteiger partial charge in [-0.3, -0.25) is 9.59 Å². The third-order valence-electron chi connectivity index (χ3n) is 2.85. The fraction of sp³-hybridized carbons (Fsp3) is 0.429. The van der Waals surface area contributed by atoms with Gasteiger partial charge >= 0.3 is 5.97 Å². The number of hydrogen-bond acceptors (Lipinski definition) is 3. The van der Waals surface area contributed by atoms with Crippen LogP contribution in [0.4, 0.5) is 0 Å². The summed E-state index contributed by atoms with van der Waals surface area (Å²) in [6, 6.07) is 8.22. The van der Waals surface area contributed by atoms with Gasteiger partial charge < -0.3 is 10.4 Å². The zero-order valence-corrected chi connectivity index (χ0v) is 10.7. The zero-order chi connectivity index (χ0) is 13.5. The Labute approximate surface area is 107 Å². The van der Waals surface area contributed by atoms with Crippen LogP contribution in [-0.2, 0) is 4.79 Å². The highest BCUT2D eigenvalue weighted by molar-refractivity contribution is 6.01. The minimum atomic E-state index is -0.972. The molecule has 0 bridgehead atoms. The van der Waals surface area contributed by atoms with E-state index in [4.69, 9.17) is 5.11 Å². The molecule has 0 aromatic heterocycles. The quantitative estimate of drug-likeness (QED) is 0.726. The lowest BCUT2D eigenvalue weighted by Crippen LogP contribution is -2.43. The van der Waals surface area contributed by atoms with Crippen LogP contribution in [0.5, 0.6) is 0 Å². The number of aliphatic carboxylic acids is 1. The van der Waals surface area contributed by atoms with Gasteiger partial charge in [-0.05, 0) is 13.3 Å². The number of carbonyl (C=O) groups is 2. The van der Waals surface area contributed by atoms with Crippen LogP contribution in [0.3, 0.4) is 0 Å². The van der Waals surface area contributed by atoms with Crippen LogP contribution in [0.2, 0.25) is 0 Å². The monoisotopic (exact) mass is 249 g/mol. The van der Waals surface area contributed by atoms with Gasteiger partial charge in [-0.2, -0.15) is 0 Å². The molecule has 1 aromatic rings. The smallest absolute Gasteiger partial charge is 0.305 e. The van der Waals surface area contributed by atoms with Crippen LogP contribution in [0.15, 0.2) is 30.3 Å². The highest BCUT2D eigenvalue weighted by Gasteiger charge is 2.23. The zero-order valence-electron chi connectivity index (χ0n) is 10.7. The average Bonchev–Trinajstić information content (AvgIpc) is 2.37. The van der Waals surface area contributed by atoms with E-state index in [2.05, 4.69) is 5.32 Å². The standard InChI is InChI=1S/C14H19NO3/c1-3-10(2)15-12(9-13(16)17)14(18)11-7-5-4-6-8-11/h4-8,10,12,15H,3,9H2,1-2H3,(H,16,17). The minimum Gasteiger partial charge on any atom is -0.481 e. The molecule has 0 saturated heterocycles. The predicted octanol–water partition coefficient (Wildman–Crippen LogP) is 2.10. The highest BCUT2D eigenvalue weighted by Crippen LogP contribution is 2.08. The molecule has 0 heterocycles. The molecule has 0 radical (unpaired) electrons. The second kappa shape index (κ2) is 6.91. The Kier molecular flexibility index (Phi) is 5.52. The molecule has 0 fully saturated rings. The van der Waals surface area contributed by atoms with Gasteiger partial charge in [-0.25, -0.2) is 0 Å². The minimum absolute atomic E-state index is 0.113. The lowest BCUT2D eigenvalue weighted by molar-refractivity contribution is -0.137. The third kappa shape index (κ3) is 4.30. The Balaban J connectivity index is 2.82. The number of hydrogen-bond donors (Lipinski definition) is 2. The largest absolute Gasteiger partial charge is 0.481 e. The first-order valence-corrected chi connectivity index (χ1v) is 6.11. The molecule has 0 spiro atoms. The second-order valence-corrected chi connectivity index (χ2v) is 4.36. The highest BCUT2D eigenvalue weighted by atomic mass is 16.4. The molecule has 0 aliphatic rings. The summed E-state index contributed by atoms with van der Waals surface area (Å²) in [5.74, 6) is -1.14. The number of rotatable bonds is 7. The Morgan fingerprint density at radius 2 is 1.89 bits per heavy atom. The molecule has 0 aliphatic heterocycles. The van der Waals surface area contributed by atoms with Crippen molar-refractivity contribution in [3.8, 4) is 0 Å². The molecule has 1 aromatic carbocycles. The molecule has 2 N–H and O–H groups in total. The van der Waals surface area contributed by atoms with E-state index in [-0.39, 0.29) is 18.2 Å². The fourth-order valence-electron chi connectivity index (χ4n) is 1.67. The van der Waals surface area contributed by atoms with Gasteiger partial charge in [-0.15, -0.1) is 0 Å². The molecule has 2 atom stereocenters. The topological polar surface area (TPSA) is 66.4 Å². The molecule has 0 amide bonds. The van der Waals surface area contributed by atoms with E-state index >= 15 is 0 Å². The summed E-state index contributed by atoms with van der Waals surface area (Å²) >= 11 is 0. The van der Waals surface area contributed by atoms with Crippen molar-refractivity contribution in [2.24, 2.45) is 0 Å². The van der Waals surface area contributed by atoms with Crippen molar-refractivity contribution in [1.82, 2.24) is 5.32 Å². The van der Waals surface area contributed by atoms with Crippen molar-refractivity contribution in [2.45, 2.75) is 38.8 Å². The summed E-state index contributed by atoms with van der Waals surface area (Å²) in [6.07, 6.45) is 0.649. The van der Waals surface area contributed by atoms with E-state index in [1.54, 1.807) is 24.3 Å². The number of carboxylic acids is 1. The van der Waals surface area contributed by atoms with Crippen LogP contribution in [0.25, 0.3) is 0 Å². The Bertz CT molecular complexity index is 403. The van der Waals surface area contributed by atoms with E-state index < -0.39 is 12.0 Å². The van der Waals surface area contributed by atoms with Gasteiger partial charge in [-0.1, -0.05) is 37.3 Å². The summed E-state index contributed by atoms with van der Waals surface area (Å²) < 4.78 is 0. The Morgan fingerprint density at radius 1 is 1.28 bits per heavy atom. The van der Waals surface area contributed by atoms with Gasteiger partial charge in [0.1, 0.15) is 0 Å². The molecule has 98 valence electrons. The summed E-state index contributed by atoms with van der Waals surface area (Å²) in [7, 11) is 0. The van der Waals surface area contributed by atoms with Crippen molar-refractivity contribution < 1.29 is 14.7 Å². The van der Waals surface area contributed by atoms with Crippen LogP contribution >= 0.6 is 0 Å². The number of carbonyl (C=O) groups excluding carboxylic acids is 1. The average molecular weight is 249 g/mol. The first-order valence-electron chi connectivity index (χ1n) is 6.11. The van der Waals surface area contributed by atoms with Crippen molar-refractivity contribution in [1.29, 1.82) is 0 Å². The van der Waals surface area contributed by atoms with Gasteiger partial charge in [0.05, 0.1) is 12.5 Å². The van der Waals surface area contributed by atoms with Crippen molar-refractivity contribution in [3.63, 3.8) is 0 Å². The predicted molar refractivity (Wildman–Crippen MR) is 69.7 cm³/mol. The maximum Gasteiger partial charge on any atom is 0.305 e. The lowest BCUT2D eigenvalue weighted by atomic mass is 10.0. The van der Waals surface area contributed by atoms with Gasteiger partial charge in [0.25, 0.3) is 0 Å². The lowest BCUT2D eigenvalue weighted by Gasteiger charge is -2.20. The van der Waals surface area contributed by atoms with Crippen molar-refractivity contribution in [2.75, 3.05) is 0 Å². The Hall–Kier alpha value is -1.68. The first-order chi connectivity index (χ1) is 8.54. The molecule has 1 rings (SSSR count). The summed E-state index contributed by atoms with van der Waals surface area (Å²) in [5, 5.41) is 11.9. The van der Waals surface area contributed by atoms with E-state index in [0.29, 0.717) is 5.56 Å². The fourth-order valence-corrected chi connectivity index (χ4v) is 1.67. The van der Waals surface area contributed by atoms with E-state index in [1.807, 2.05) is 19.9 Å². The van der Waals surface area contributed by atoms with Gasteiger partial charge in [0.2, 0.25) is 0 Å². The number of nitrogens with one attached hydrogen (secondary N) is 1. The molecule has 0 aliphatic carbocycles. The van der Waals surface area contributed by atoms with Crippen LogP contribution in [0.1, 0.15) is 37.0 Å². The number of Topliss-reactive ketones (excluding diaryl/α,β-unsaturated/α-hetero) is 1. The third-order valence-corrected chi connectivity index (χ3v) is 2.85. The molecule has 18 heavy (non-hydrogen) atoms. The number of ketones is 1. The van der Waals surface area contributed by atoms with Crippen molar-refractivity contribution in [3.05, 3.63) is 35.9 Å². The molecular weight excluding hydrogens is 230 g/mol. The molecule has 0 saturated carbocycles.